The molecule has 2 fully saturated rings. The molecule has 4 N–H and O–H groups in total. The van der Waals surface area contributed by atoms with Crippen LogP contribution in [-0.4, -0.2) is 99.8 Å². The molecule has 3 aliphatic heterocycles. The number of anilines is 3. The van der Waals surface area contributed by atoms with Crippen LogP contribution in [0.25, 0.3) is 10.9 Å². The van der Waals surface area contributed by atoms with E-state index in [2.05, 4.69) is 36.1 Å². The number of ether oxygens (including phenoxy) is 1. The van der Waals surface area contributed by atoms with Gasteiger partial charge in [-0.3, -0.25) is 43.9 Å². The zero-order valence-corrected chi connectivity index (χ0v) is 35.6. The van der Waals surface area contributed by atoms with Gasteiger partial charge >= 0.3 is 0 Å². The fourth-order valence-electron chi connectivity index (χ4n) is 7.73. The van der Waals surface area contributed by atoms with Crippen LogP contribution in [0.5, 0.6) is 5.75 Å². The Morgan fingerprint density at radius 3 is 2.58 bits per heavy atom. The number of thioether (sulfide) groups is 1. The van der Waals surface area contributed by atoms with Gasteiger partial charge in [0.1, 0.15) is 29.8 Å². The van der Waals surface area contributed by atoms with Gasteiger partial charge in [0.2, 0.25) is 23.6 Å². The number of hydrogen-bond acceptors (Lipinski definition) is 12. The van der Waals surface area contributed by atoms with Gasteiger partial charge in [-0.2, -0.15) is 0 Å². The molecule has 1 atom stereocenters. The van der Waals surface area contributed by atoms with Crippen LogP contribution in [0.15, 0.2) is 71.9 Å². The fraction of sp³-hybridized carbons (Fsp3) is 0.364. The molecule has 62 heavy (non-hydrogen) atoms. The molecule has 4 heterocycles. The van der Waals surface area contributed by atoms with E-state index in [4.69, 9.17) is 16.3 Å². The highest BCUT2D eigenvalue weighted by Crippen LogP contribution is 2.36. The van der Waals surface area contributed by atoms with Crippen LogP contribution in [0, 0.1) is 5.82 Å². The molecule has 0 bridgehead atoms. The van der Waals surface area contributed by atoms with E-state index in [1.165, 1.54) is 43.4 Å². The normalized spacial score (nSPS) is 17.1. The van der Waals surface area contributed by atoms with Crippen LogP contribution in [0.2, 0.25) is 5.02 Å². The quantitative estimate of drug-likeness (QED) is 0.0396. The zero-order valence-electron chi connectivity index (χ0n) is 34.0. The van der Waals surface area contributed by atoms with E-state index in [0.29, 0.717) is 57.3 Å². The standard InChI is InChI=1S/C44H46ClFN8O7S/c1-61-35-24-32-29(41(48-25-47-32)50-27-12-13-31(46)30(45)22-27)23-33(35)51-38(56)11-7-18-53-19-16-26(17-20-53)49-37(55)10-4-2-3-5-21-62-36-9-6-8-28-40(36)44(60)54(43(28)59)34-14-15-39(57)52-42(34)58/h6-9,11-13,22-26,34H,2-5,10,14-21H2,1H3,(H,49,55)(H,51,56)(H,47,48,50)(H,52,57,58). The molecular weight excluding hydrogens is 839 g/mol. The van der Waals surface area contributed by atoms with Gasteiger partial charge < -0.3 is 20.7 Å². The third-order valence-electron chi connectivity index (χ3n) is 11.0. The Morgan fingerprint density at radius 1 is 1.00 bits per heavy atom. The molecule has 0 radical (unpaired) electrons. The molecule has 2 saturated heterocycles. The number of aromatic nitrogens is 2. The molecule has 6 amide bonds. The molecule has 1 unspecified atom stereocenters. The number of benzene rings is 3. The molecule has 7 rings (SSSR count). The largest absolute Gasteiger partial charge is 0.494 e. The summed E-state index contributed by atoms with van der Waals surface area (Å²) < 4.78 is 19.2. The van der Waals surface area contributed by atoms with Crippen molar-refractivity contribution < 1.29 is 37.9 Å². The summed E-state index contributed by atoms with van der Waals surface area (Å²) in [6, 6.07) is 11.9. The second kappa shape index (κ2) is 20.3. The first kappa shape index (κ1) is 44.2. The summed E-state index contributed by atoms with van der Waals surface area (Å²) in [6.45, 7) is 2.13. The first-order valence-electron chi connectivity index (χ1n) is 20.5. The Bertz CT molecular complexity index is 2430. The van der Waals surface area contributed by atoms with Crippen LogP contribution in [-0.2, 0) is 19.2 Å². The van der Waals surface area contributed by atoms with Gasteiger partial charge in [-0.05, 0) is 74.3 Å². The van der Waals surface area contributed by atoms with Crippen LogP contribution in [0.3, 0.4) is 0 Å². The number of nitrogens with one attached hydrogen (secondary N) is 4. The highest BCUT2D eigenvalue weighted by atomic mass is 35.5. The van der Waals surface area contributed by atoms with E-state index in [-0.39, 0.29) is 41.3 Å². The third kappa shape index (κ3) is 10.6. The van der Waals surface area contributed by atoms with E-state index < -0.39 is 35.5 Å². The predicted molar refractivity (Wildman–Crippen MR) is 233 cm³/mol. The van der Waals surface area contributed by atoms with Gasteiger partial charge in [0.25, 0.3) is 11.8 Å². The summed E-state index contributed by atoms with van der Waals surface area (Å²) in [6.07, 6.45) is 10.3. The molecule has 4 aromatic rings. The highest BCUT2D eigenvalue weighted by Gasteiger charge is 2.45. The summed E-state index contributed by atoms with van der Waals surface area (Å²) in [5, 5.41) is 12.0. The lowest BCUT2D eigenvalue weighted by atomic mass is 10.0. The fourth-order valence-corrected chi connectivity index (χ4v) is 9.00. The summed E-state index contributed by atoms with van der Waals surface area (Å²) >= 11 is 7.45. The molecule has 3 aromatic carbocycles. The number of carbonyl (C=O) groups excluding carboxylic acids is 6. The van der Waals surface area contributed by atoms with E-state index in [1.807, 2.05) is 6.07 Å². The zero-order chi connectivity index (χ0) is 43.8. The van der Waals surface area contributed by atoms with Crippen LogP contribution < -0.4 is 26.0 Å². The number of piperidine rings is 2. The minimum Gasteiger partial charge on any atom is -0.494 e. The summed E-state index contributed by atoms with van der Waals surface area (Å²) in [5.41, 5.74) is 2.11. The van der Waals surface area contributed by atoms with Gasteiger partial charge in [-0.1, -0.05) is 36.6 Å². The van der Waals surface area contributed by atoms with Crippen molar-refractivity contribution in [3.05, 3.63) is 89.0 Å². The maximum absolute atomic E-state index is 13.7. The molecule has 0 saturated carbocycles. The van der Waals surface area contributed by atoms with Gasteiger partial charge in [-0.15, -0.1) is 11.8 Å². The molecule has 0 spiro atoms. The van der Waals surface area contributed by atoms with E-state index >= 15 is 0 Å². The second-order valence-corrected chi connectivity index (χ2v) is 16.8. The van der Waals surface area contributed by atoms with Crippen molar-refractivity contribution in [2.75, 3.05) is 43.1 Å². The lowest BCUT2D eigenvalue weighted by molar-refractivity contribution is -0.136. The third-order valence-corrected chi connectivity index (χ3v) is 12.4. The average molecular weight is 885 g/mol. The Hall–Kier alpha value is -5.91. The minimum atomic E-state index is -0.997. The second-order valence-electron chi connectivity index (χ2n) is 15.2. The number of carbonyl (C=O) groups is 6. The van der Waals surface area contributed by atoms with Crippen LogP contribution >= 0.6 is 23.4 Å². The van der Waals surface area contributed by atoms with Crippen molar-refractivity contribution >= 4 is 86.9 Å². The SMILES string of the molecule is COc1cc2ncnc(Nc3ccc(F)c(Cl)c3)c2cc1NC(=O)C=CCN1CCC(NC(=O)CCCCCCSc2cccc3c2C(=O)N(C2CCC(=O)NC2=O)C3=O)CC1. The van der Waals surface area contributed by atoms with Crippen molar-refractivity contribution in [2.45, 2.75) is 74.8 Å². The minimum absolute atomic E-state index is 0.0320. The number of unbranched alkanes of at least 4 members (excludes halogenated alkanes) is 3. The van der Waals surface area contributed by atoms with Crippen LogP contribution in [0.4, 0.5) is 21.6 Å². The molecule has 15 nitrogen and oxygen atoms in total. The van der Waals surface area contributed by atoms with Gasteiger partial charge in [0.05, 0.1) is 34.5 Å². The van der Waals surface area contributed by atoms with Crippen molar-refractivity contribution in [3.8, 4) is 5.75 Å². The van der Waals surface area contributed by atoms with Crippen molar-refractivity contribution in [1.29, 1.82) is 0 Å². The lowest BCUT2D eigenvalue weighted by Crippen LogP contribution is -2.54. The van der Waals surface area contributed by atoms with E-state index in [1.54, 1.807) is 36.4 Å². The Morgan fingerprint density at radius 2 is 1.81 bits per heavy atom. The Kier molecular flexibility index (Phi) is 14.5. The maximum Gasteiger partial charge on any atom is 0.263 e. The number of methoxy groups -OCH3 is 1. The Balaban J connectivity index is 0.785. The number of rotatable bonds is 17. The van der Waals surface area contributed by atoms with Gasteiger partial charge in [0, 0.05) is 66.6 Å². The van der Waals surface area contributed by atoms with Crippen molar-refractivity contribution in [1.82, 2.24) is 30.4 Å². The first-order valence-corrected chi connectivity index (χ1v) is 21.9. The number of amides is 6. The molecule has 0 aliphatic carbocycles. The lowest BCUT2D eigenvalue weighted by Gasteiger charge is -2.31. The monoisotopic (exact) mass is 884 g/mol. The number of halogens is 2. The smallest absolute Gasteiger partial charge is 0.263 e. The maximum atomic E-state index is 13.7. The number of hydrogen-bond donors (Lipinski definition) is 4. The van der Waals surface area contributed by atoms with E-state index in [0.717, 1.165) is 62.3 Å². The van der Waals surface area contributed by atoms with E-state index in [9.17, 15) is 33.2 Å². The van der Waals surface area contributed by atoms with Crippen molar-refractivity contribution in [3.63, 3.8) is 0 Å². The van der Waals surface area contributed by atoms with Crippen LogP contribution in [0.1, 0.15) is 78.5 Å². The molecule has 3 aliphatic rings. The molecule has 18 heteroatoms. The number of likely N-dealkylation sites (tertiary alicyclic amines) is 1. The number of imide groups is 2. The number of fused-ring (bicyclic) bond motifs is 2. The topological polar surface area (TPSA) is 192 Å². The number of nitrogens with zero attached hydrogens (tertiary/aromatic N) is 4. The highest BCUT2D eigenvalue weighted by molar-refractivity contribution is 7.99. The van der Waals surface area contributed by atoms with Gasteiger partial charge in [0.15, 0.2) is 0 Å². The predicted octanol–water partition coefficient (Wildman–Crippen LogP) is 6.39. The average Bonchev–Trinajstić information content (AvgIpc) is 3.51. The first-order chi connectivity index (χ1) is 30.0. The molecule has 1 aromatic heterocycles. The molecule has 324 valence electrons. The summed E-state index contributed by atoms with van der Waals surface area (Å²) in [4.78, 5) is 88.7. The Labute approximate surface area is 366 Å². The summed E-state index contributed by atoms with van der Waals surface area (Å²) in [5.74, 6) is -1.31. The summed E-state index contributed by atoms with van der Waals surface area (Å²) in [7, 11) is 1.50. The van der Waals surface area contributed by atoms with Crippen molar-refractivity contribution in [2.24, 2.45) is 0 Å². The molecular formula is C44H46ClFN8O7S. The van der Waals surface area contributed by atoms with Gasteiger partial charge in [-0.25, -0.2) is 14.4 Å².